The Labute approximate surface area is 152 Å². The minimum Gasteiger partial charge on any atom is -0.495 e. The van der Waals surface area contributed by atoms with Gasteiger partial charge in [-0.2, -0.15) is 0 Å². The quantitative estimate of drug-likeness (QED) is 0.845. The first-order valence-electron chi connectivity index (χ1n) is 7.89. The topological polar surface area (TPSA) is 58.6 Å². The van der Waals surface area contributed by atoms with Gasteiger partial charge in [-0.15, -0.1) is 0 Å². The molecule has 0 saturated heterocycles. The Kier molecular flexibility index (Phi) is 6.42. The SMILES string of the molecule is COc1ccc(C)cc1NC(=O)CCN(C(C)=O)c1cccc(Cl)c1. The summed E-state index contributed by atoms with van der Waals surface area (Å²) in [4.78, 5) is 25.7. The summed E-state index contributed by atoms with van der Waals surface area (Å²) in [5.74, 6) is 0.248. The molecule has 0 aromatic heterocycles. The van der Waals surface area contributed by atoms with Gasteiger partial charge in [-0.3, -0.25) is 9.59 Å². The van der Waals surface area contributed by atoms with E-state index >= 15 is 0 Å². The van der Waals surface area contributed by atoms with Crippen molar-refractivity contribution in [1.29, 1.82) is 0 Å². The van der Waals surface area contributed by atoms with E-state index in [0.717, 1.165) is 5.56 Å². The number of amides is 2. The van der Waals surface area contributed by atoms with Gasteiger partial charge >= 0.3 is 0 Å². The summed E-state index contributed by atoms with van der Waals surface area (Å²) < 4.78 is 5.25. The van der Waals surface area contributed by atoms with Gasteiger partial charge in [0.05, 0.1) is 12.8 Å². The fourth-order valence-electron chi connectivity index (χ4n) is 2.46. The van der Waals surface area contributed by atoms with Crippen molar-refractivity contribution in [3.05, 3.63) is 53.1 Å². The Morgan fingerprint density at radius 1 is 1.20 bits per heavy atom. The van der Waals surface area contributed by atoms with Crippen LogP contribution in [-0.4, -0.2) is 25.5 Å². The summed E-state index contributed by atoms with van der Waals surface area (Å²) in [6, 6.07) is 12.5. The summed E-state index contributed by atoms with van der Waals surface area (Å²) in [7, 11) is 1.55. The lowest BCUT2D eigenvalue weighted by Crippen LogP contribution is -2.32. The van der Waals surface area contributed by atoms with Crippen molar-refractivity contribution < 1.29 is 14.3 Å². The molecule has 0 saturated carbocycles. The van der Waals surface area contributed by atoms with Crippen molar-refractivity contribution in [1.82, 2.24) is 0 Å². The van der Waals surface area contributed by atoms with Crippen LogP contribution in [0.25, 0.3) is 0 Å². The lowest BCUT2D eigenvalue weighted by molar-refractivity contribution is -0.117. The Morgan fingerprint density at radius 3 is 2.60 bits per heavy atom. The van der Waals surface area contributed by atoms with Gasteiger partial charge in [-0.05, 0) is 42.8 Å². The first-order chi connectivity index (χ1) is 11.9. The zero-order chi connectivity index (χ0) is 18.4. The number of ether oxygens (including phenoxy) is 1. The third kappa shape index (κ3) is 5.22. The molecule has 2 aromatic rings. The van der Waals surface area contributed by atoms with Crippen LogP contribution in [0.5, 0.6) is 5.75 Å². The van der Waals surface area contributed by atoms with Crippen LogP contribution >= 0.6 is 11.6 Å². The predicted octanol–water partition coefficient (Wildman–Crippen LogP) is 4.04. The number of carbonyl (C=O) groups is 2. The second-order valence-corrected chi connectivity index (χ2v) is 6.09. The van der Waals surface area contributed by atoms with Crippen molar-refractivity contribution in [3.8, 4) is 5.75 Å². The summed E-state index contributed by atoms with van der Waals surface area (Å²) in [6.07, 6.45) is 0.156. The molecule has 2 aromatic carbocycles. The molecule has 0 atom stereocenters. The minimum absolute atomic E-state index is 0.150. The fourth-order valence-corrected chi connectivity index (χ4v) is 2.64. The number of hydrogen-bond acceptors (Lipinski definition) is 3. The summed E-state index contributed by atoms with van der Waals surface area (Å²) in [5.41, 5.74) is 2.30. The van der Waals surface area contributed by atoms with Crippen LogP contribution in [-0.2, 0) is 9.59 Å². The number of carbonyl (C=O) groups excluding carboxylic acids is 2. The molecule has 2 rings (SSSR count). The van der Waals surface area contributed by atoms with E-state index in [-0.39, 0.29) is 24.8 Å². The van der Waals surface area contributed by atoms with Crippen LogP contribution in [0.3, 0.4) is 0 Å². The number of halogens is 1. The van der Waals surface area contributed by atoms with E-state index in [9.17, 15) is 9.59 Å². The summed E-state index contributed by atoms with van der Waals surface area (Å²) in [5, 5.41) is 3.37. The molecule has 0 spiro atoms. The monoisotopic (exact) mass is 360 g/mol. The molecule has 5 nitrogen and oxygen atoms in total. The Hall–Kier alpha value is -2.53. The van der Waals surface area contributed by atoms with Gasteiger partial charge in [-0.1, -0.05) is 23.7 Å². The smallest absolute Gasteiger partial charge is 0.226 e. The third-order valence-electron chi connectivity index (χ3n) is 3.69. The highest BCUT2D eigenvalue weighted by atomic mass is 35.5. The highest BCUT2D eigenvalue weighted by Gasteiger charge is 2.15. The number of methoxy groups -OCH3 is 1. The van der Waals surface area contributed by atoms with Gasteiger partial charge in [0.1, 0.15) is 5.75 Å². The van der Waals surface area contributed by atoms with Gasteiger partial charge in [-0.25, -0.2) is 0 Å². The maximum atomic E-state index is 12.3. The molecule has 0 heterocycles. The lowest BCUT2D eigenvalue weighted by atomic mass is 10.2. The van der Waals surface area contributed by atoms with Gasteiger partial charge in [0.2, 0.25) is 11.8 Å². The van der Waals surface area contributed by atoms with Gasteiger partial charge in [0, 0.05) is 30.6 Å². The van der Waals surface area contributed by atoms with E-state index < -0.39 is 0 Å². The summed E-state index contributed by atoms with van der Waals surface area (Å²) in [6.45, 7) is 3.66. The number of benzene rings is 2. The number of hydrogen-bond donors (Lipinski definition) is 1. The average molecular weight is 361 g/mol. The number of nitrogens with one attached hydrogen (secondary N) is 1. The third-order valence-corrected chi connectivity index (χ3v) is 3.93. The molecule has 0 radical (unpaired) electrons. The Morgan fingerprint density at radius 2 is 1.96 bits per heavy atom. The van der Waals surface area contributed by atoms with E-state index in [2.05, 4.69) is 5.32 Å². The molecule has 6 heteroatoms. The molecule has 0 fully saturated rings. The fraction of sp³-hybridized carbons (Fsp3) is 0.263. The molecule has 0 unspecified atom stereocenters. The van der Waals surface area contributed by atoms with Crippen molar-refractivity contribution in [2.75, 3.05) is 23.9 Å². The molecule has 132 valence electrons. The average Bonchev–Trinajstić information content (AvgIpc) is 2.55. The van der Waals surface area contributed by atoms with Crippen LogP contribution in [0.4, 0.5) is 11.4 Å². The Balaban J connectivity index is 2.05. The second-order valence-electron chi connectivity index (χ2n) is 5.65. The standard InChI is InChI=1S/C19H21ClN2O3/c1-13-7-8-18(25-3)17(11-13)21-19(24)9-10-22(14(2)23)16-6-4-5-15(20)12-16/h4-8,11-12H,9-10H2,1-3H3,(H,21,24). The molecular formula is C19H21ClN2O3. The molecule has 0 aliphatic heterocycles. The Bertz CT molecular complexity index is 777. The van der Waals surface area contributed by atoms with Crippen molar-refractivity contribution in [2.45, 2.75) is 20.3 Å². The van der Waals surface area contributed by atoms with Crippen molar-refractivity contribution >= 4 is 34.8 Å². The second kappa shape index (κ2) is 8.53. The first-order valence-corrected chi connectivity index (χ1v) is 8.26. The molecule has 0 bridgehead atoms. The van der Waals surface area contributed by atoms with E-state index in [1.807, 2.05) is 19.1 Å². The summed E-state index contributed by atoms with van der Waals surface area (Å²) >= 11 is 5.98. The number of nitrogens with zero attached hydrogens (tertiary/aromatic N) is 1. The van der Waals surface area contributed by atoms with Crippen molar-refractivity contribution in [3.63, 3.8) is 0 Å². The van der Waals surface area contributed by atoms with E-state index in [1.54, 1.807) is 37.4 Å². The van der Waals surface area contributed by atoms with E-state index in [0.29, 0.717) is 22.1 Å². The maximum Gasteiger partial charge on any atom is 0.226 e. The highest BCUT2D eigenvalue weighted by molar-refractivity contribution is 6.30. The normalized spacial score (nSPS) is 10.2. The van der Waals surface area contributed by atoms with E-state index in [1.165, 1.54) is 11.8 Å². The van der Waals surface area contributed by atoms with E-state index in [4.69, 9.17) is 16.3 Å². The number of rotatable bonds is 6. The van der Waals surface area contributed by atoms with Crippen LogP contribution in [0.15, 0.2) is 42.5 Å². The van der Waals surface area contributed by atoms with Crippen LogP contribution in [0.1, 0.15) is 18.9 Å². The van der Waals surface area contributed by atoms with Gasteiger partial charge in [0.15, 0.2) is 0 Å². The first kappa shape index (κ1) is 18.8. The predicted molar refractivity (Wildman–Crippen MR) is 100 cm³/mol. The number of aryl methyl sites for hydroxylation is 1. The molecule has 0 aliphatic rings. The largest absolute Gasteiger partial charge is 0.495 e. The minimum atomic E-state index is -0.197. The molecule has 1 N–H and O–H groups in total. The van der Waals surface area contributed by atoms with Crippen LogP contribution < -0.4 is 15.0 Å². The molecule has 0 aliphatic carbocycles. The zero-order valence-corrected chi connectivity index (χ0v) is 15.3. The zero-order valence-electron chi connectivity index (χ0n) is 14.5. The van der Waals surface area contributed by atoms with Crippen LogP contribution in [0.2, 0.25) is 5.02 Å². The lowest BCUT2D eigenvalue weighted by Gasteiger charge is -2.21. The van der Waals surface area contributed by atoms with Crippen molar-refractivity contribution in [2.24, 2.45) is 0 Å². The van der Waals surface area contributed by atoms with Gasteiger partial charge in [0.25, 0.3) is 0 Å². The maximum absolute atomic E-state index is 12.3. The molecule has 25 heavy (non-hydrogen) atoms. The van der Waals surface area contributed by atoms with Gasteiger partial charge < -0.3 is 15.0 Å². The highest BCUT2D eigenvalue weighted by Crippen LogP contribution is 2.25. The van der Waals surface area contributed by atoms with Crippen LogP contribution in [0, 0.1) is 6.92 Å². The number of anilines is 2. The molecule has 2 amide bonds. The molecular weight excluding hydrogens is 340 g/mol.